The molecule has 0 spiro atoms. The Kier molecular flexibility index (Phi) is 8.53. The summed E-state index contributed by atoms with van der Waals surface area (Å²) in [5.41, 5.74) is 2.11. The zero-order chi connectivity index (χ0) is 24.5. The maximum atomic E-state index is 13.4. The Hall–Kier alpha value is -3.98. The monoisotopic (exact) mass is 464 g/mol. The molecule has 3 aromatic rings. The summed E-state index contributed by atoms with van der Waals surface area (Å²) in [5.74, 6) is -0.602. The van der Waals surface area contributed by atoms with Crippen LogP contribution in [0.2, 0.25) is 0 Å². The summed E-state index contributed by atoms with van der Waals surface area (Å²) in [4.78, 5) is 40.1. The predicted octanol–water partition coefficient (Wildman–Crippen LogP) is 3.25. The molecule has 0 unspecified atom stereocenters. The molecule has 0 N–H and O–H groups in total. The van der Waals surface area contributed by atoms with Crippen LogP contribution in [0.5, 0.6) is 0 Å². The van der Waals surface area contributed by atoms with E-state index in [2.05, 4.69) is 0 Å². The summed E-state index contributed by atoms with van der Waals surface area (Å²) in [5, 5.41) is 10.9. The molecule has 0 fully saturated rings. The summed E-state index contributed by atoms with van der Waals surface area (Å²) < 4.78 is 7.09. The molecule has 0 saturated heterocycles. The van der Waals surface area contributed by atoms with Gasteiger partial charge in [0.15, 0.2) is 0 Å². The lowest BCUT2D eigenvalue weighted by Gasteiger charge is -2.28. The summed E-state index contributed by atoms with van der Waals surface area (Å²) in [6.07, 6.45) is 1.92. The molecule has 34 heavy (non-hydrogen) atoms. The van der Waals surface area contributed by atoms with E-state index in [9.17, 15) is 19.7 Å². The number of hydrogen-bond donors (Lipinski definition) is 0. The Labute approximate surface area is 198 Å². The largest absolute Gasteiger partial charge is 0.383 e. The van der Waals surface area contributed by atoms with Crippen LogP contribution in [0.1, 0.15) is 21.6 Å². The van der Waals surface area contributed by atoms with Gasteiger partial charge < -0.3 is 19.1 Å². The number of ether oxygens (including phenoxy) is 1. The van der Waals surface area contributed by atoms with Gasteiger partial charge in [0.2, 0.25) is 5.91 Å². The number of amides is 2. The Morgan fingerprint density at radius 2 is 1.68 bits per heavy atom. The molecule has 0 radical (unpaired) electrons. The molecule has 2 amide bonds. The fourth-order valence-corrected chi connectivity index (χ4v) is 3.52. The number of nitro groups is 1. The van der Waals surface area contributed by atoms with E-state index in [1.54, 1.807) is 4.90 Å². The van der Waals surface area contributed by atoms with Crippen molar-refractivity contribution < 1.29 is 19.2 Å². The third-order valence-electron chi connectivity index (χ3n) is 5.48. The average molecular weight is 465 g/mol. The molecule has 0 aliphatic rings. The highest BCUT2D eigenvalue weighted by atomic mass is 16.6. The number of nitro benzene ring substituents is 1. The molecule has 9 nitrogen and oxygen atoms in total. The van der Waals surface area contributed by atoms with Crippen LogP contribution >= 0.6 is 0 Å². The summed E-state index contributed by atoms with van der Waals surface area (Å²) in [7, 11) is 3.44. The maximum absolute atomic E-state index is 13.4. The lowest BCUT2D eigenvalue weighted by atomic mass is 10.1. The number of benzene rings is 2. The number of carbonyl (C=O) groups excluding carboxylic acids is 2. The molecule has 3 rings (SSSR count). The zero-order valence-corrected chi connectivity index (χ0v) is 19.3. The average Bonchev–Trinajstić information content (AvgIpc) is 3.25. The molecular formula is C25H28N4O5. The third kappa shape index (κ3) is 6.52. The highest BCUT2D eigenvalue weighted by Gasteiger charge is 2.23. The fourth-order valence-electron chi connectivity index (χ4n) is 3.52. The second kappa shape index (κ2) is 11.8. The van der Waals surface area contributed by atoms with Crippen molar-refractivity contribution in [3.63, 3.8) is 0 Å². The van der Waals surface area contributed by atoms with Crippen LogP contribution in [-0.2, 0) is 29.7 Å². The molecule has 9 heteroatoms. The van der Waals surface area contributed by atoms with Gasteiger partial charge in [0.05, 0.1) is 18.1 Å². The van der Waals surface area contributed by atoms with Crippen LogP contribution in [0.4, 0.5) is 5.69 Å². The van der Waals surface area contributed by atoms with E-state index in [4.69, 9.17) is 4.74 Å². The predicted molar refractivity (Wildman–Crippen MR) is 127 cm³/mol. The van der Waals surface area contributed by atoms with Gasteiger partial charge in [-0.2, -0.15) is 0 Å². The van der Waals surface area contributed by atoms with Gasteiger partial charge in [-0.15, -0.1) is 0 Å². The fraction of sp³-hybridized carbons (Fsp3) is 0.280. The molecule has 0 saturated carbocycles. The van der Waals surface area contributed by atoms with Gasteiger partial charge in [-0.05, 0) is 29.8 Å². The second-order valence-electron chi connectivity index (χ2n) is 7.87. The van der Waals surface area contributed by atoms with E-state index in [0.29, 0.717) is 13.1 Å². The minimum Gasteiger partial charge on any atom is -0.383 e. The second-order valence-corrected chi connectivity index (χ2v) is 7.87. The summed E-state index contributed by atoms with van der Waals surface area (Å²) >= 11 is 0. The number of carbonyl (C=O) groups is 2. The van der Waals surface area contributed by atoms with Crippen LogP contribution in [-0.4, -0.2) is 57.9 Å². The van der Waals surface area contributed by atoms with E-state index in [1.165, 1.54) is 36.3 Å². The molecule has 1 aromatic heterocycles. The number of nitrogens with zero attached hydrogens (tertiary/aromatic N) is 4. The van der Waals surface area contributed by atoms with Crippen molar-refractivity contribution >= 4 is 17.5 Å². The van der Waals surface area contributed by atoms with E-state index in [1.807, 2.05) is 60.3 Å². The Morgan fingerprint density at radius 1 is 0.971 bits per heavy atom. The normalized spacial score (nSPS) is 10.6. The number of hydrogen-bond acceptors (Lipinski definition) is 5. The van der Waals surface area contributed by atoms with E-state index >= 15 is 0 Å². The number of aromatic nitrogens is 1. The van der Waals surface area contributed by atoms with Crippen LogP contribution < -0.4 is 0 Å². The topological polar surface area (TPSA) is 97.9 Å². The number of methoxy groups -OCH3 is 1. The molecule has 0 bridgehead atoms. The van der Waals surface area contributed by atoms with Crippen molar-refractivity contribution in [2.45, 2.75) is 13.1 Å². The number of rotatable bonds is 11. The lowest BCUT2D eigenvalue weighted by molar-refractivity contribution is -0.384. The standard InChI is InChI=1S/C25H28N4O5/c1-26-14-6-9-23(26)18-28(17-20-7-4-3-5-8-20)24(30)19-27(15-16-34-2)25(31)21-10-12-22(13-11-21)29(32)33/h3-14H,15-19H2,1-2H3. The van der Waals surface area contributed by atoms with Crippen LogP contribution in [0.25, 0.3) is 0 Å². The van der Waals surface area contributed by atoms with Crippen molar-refractivity contribution in [1.82, 2.24) is 14.4 Å². The van der Waals surface area contributed by atoms with Crippen molar-refractivity contribution in [3.05, 3.63) is 99.9 Å². The highest BCUT2D eigenvalue weighted by Crippen LogP contribution is 2.15. The molecule has 0 aliphatic carbocycles. The van der Waals surface area contributed by atoms with Crippen molar-refractivity contribution in [2.75, 3.05) is 26.8 Å². The van der Waals surface area contributed by atoms with Gasteiger partial charge in [-0.3, -0.25) is 19.7 Å². The first-order valence-corrected chi connectivity index (χ1v) is 10.8. The maximum Gasteiger partial charge on any atom is 0.269 e. The van der Waals surface area contributed by atoms with Gasteiger partial charge in [-0.25, -0.2) is 0 Å². The zero-order valence-electron chi connectivity index (χ0n) is 19.3. The first-order chi connectivity index (χ1) is 16.4. The van der Waals surface area contributed by atoms with Gasteiger partial charge in [0, 0.05) is 56.8 Å². The Morgan fingerprint density at radius 3 is 2.26 bits per heavy atom. The van der Waals surface area contributed by atoms with Crippen LogP contribution in [0, 0.1) is 10.1 Å². The number of aryl methyl sites for hydroxylation is 1. The summed E-state index contributed by atoms with van der Waals surface area (Å²) in [6.45, 7) is 1.11. The SMILES string of the molecule is COCCN(CC(=O)N(Cc1ccccc1)Cc1cccn1C)C(=O)c1ccc([N+](=O)[O-])cc1. The van der Waals surface area contributed by atoms with Crippen molar-refractivity contribution in [1.29, 1.82) is 0 Å². The quantitative estimate of drug-likeness (QED) is 0.321. The van der Waals surface area contributed by atoms with Crippen molar-refractivity contribution in [3.8, 4) is 0 Å². The molecule has 0 aliphatic heterocycles. The van der Waals surface area contributed by atoms with E-state index in [-0.39, 0.29) is 42.8 Å². The molecule has 2 aromatic carbocycles. The van der Waals surface area contributed by atoms with E-state index in [0.717, 1.165) is 11.3 Å². The molecule has 0 atom stereocenters. The highest BCUT2D eigenvalue weighted by molar-refractivity contribution is 5.96. The molecular weight excluding hydrogens is 436 g/mol. The lowest BCUT2D eigenvalue weighted by Crippen LogP contribution is -2.43. The number of non-ortho nitro benzene ring substituents is 1. The van der Waals surface area contributed by atoms with Crippen molar-refractivity contribution in [2.24, 2.45) is 7.05 Å². The van der Waals surface area contributed by atoms with E-state index < -0.39 is 4.92 Å². The minimum absolute atomic E-state index is 0.104. The van der Waals surface area contributed by atoms with Gasteiger partial charge in [0.25, 0.3) is 11.6 Å². The first kappa shape index (κ1) is 24.7. The van der Waals surface area contributed by atoms with Crippen LogP contribution in [0.3, 0.4) is 0 Å². The third-order valence-corrected chi connectivity index (χ3v) is 5.48. The minimum atomic E-state index is -0.522. The van der Waals surface area contributed by atoms with Gasteiger partial charge in [0.1, 0.15) is 6.54 Å². The molecule has 1 heterocycles. The first-order valence-electron chi connectivity index (χ1n) is 10.8. The van der Waals surface area contributed by atoms with Gasteiger partial charge in [-0.1, -0.05) is 30.3 Å². The smallest absolute Gasteiger partial charge is 0.269 e. The Balaban J connectivity index is 1.81. The van der Waals surface area contributed by atoms with Gasteiger partial charge >= 0.3 is 0 Å². The Bertz CT molecular complexity index is 1110. The molecule has 178 valence electrons. The van der Waals surface area contributed by atoms with Crippen LogP contribution in [0.15, 0.2) is 72.9 Å². The summed E-state index contributed by atoms with van der Waals surface area (Å²) in [6, 6.07) is 18.9.